The van der Waals surface area contributed by atoms with Gasteiger partial charge in [-0.1, -0.05) is 90.5 Å². The Hall–Kier alpha value is -4.02. The predicted molar refractivity (Wildman–Crippen MR) is 147 cm³/mol. The first-order valence-corrected chi connectivity index (χ1v) is 13.6. The van der Waals surface area contributed by atoms with E-state index in [-0.39, 0.29) is 17.3 Å². The minimum Gasteiger partial charge on any atom is -0.508 e. The number of hydrogen-bond acceptors (Lipinski definition) is 7. The predicted octanol–water partition coefficient (Wildman–Crippen LogP) is 5.01. The molecule has 4 rings (SSSR count). The molecule has 3 N–H and O–H groups in total. The lowest BCUT2D eigenvalue weighted by atomic mass is 10.1. The summed E-state index contributed by atoms with van der Waals surface area (Å²) in [5, 5.41) is 9.45. The summed E-state index contributed by atoms with van der Waals surface area (Å²) in [7, 11) is -4.02. The standard InChI is InChI=1S/C23H23NO4.C7H8O3S/c25-21-13-11-18(12-14-21)15-22(24-28-17-20-9-5-2-6-10-20)23(26)27-16-19-7-3-1-4-8-19;1-6-2-4-7(5-3-6)11(8,9)10/h1-14,22,24-25H,15-17H2;2-5H,1H3,(H,8,9,10)/t22-;/m0./s1. The van der Waals surface area contributed by atoms with Crippen LogP contribution in [0.2, 0.25) is 0 Å². The Kier molecular flexibility index (Phi) is 11.2. The number of hydroxylamine groups is 1. The summed E-state index contributed by atoms with van der Waals surface area (Å²) in [4.78, 5) is 18.1. The molecule has 39 heavy (non-hydrogen) atoms. The Labute approximate surface area is 228 Å². The molecule has 8 nitrogen and oxygen atoms in total. The van der Waals surface area contributed by atoms with Gasteiger partial charge in [0.1, 0.15) is 18.4 Å². The van der Waals surface area contributed by atoms with Gasteiger partial charge in [-0.05, 0) is 47.9 Å². The quantitative estimate of drug-likeness (QED) is 0.143. The molecule has 0 aliphatic heterocycles. The minimum absolute atomic E-state index is 0.0666. The van der Waals surface area contributed by atoms with E-state index in [4.69, 9.17) is 14.1 Å². The number of nitrogens with one attached hydrogen (secondary N) is 1. The van der Waals surface area contributed by atoms with Crippen molar-refractivity contribution >= 4 is 16.1 Å². The Balaban J connectivity index is 0.000000320. The highest BCUT2D eigenvalue weighted by atomic mass is 32.2. The number of benzene rings is 4. The van der Waals surface area contributed by atoms with Crippen molar-refractivity contribution < 1.29 is 32.4 Å². The van der Waals surface area contributed by atoms with Gasteiger partial charge in [0.2, 0.25) is 0 Å². The van der Waals surface area contributed by atoms with Gasteiger partial charge in [0.05, 0.1) is 11.5 Å². The van der Waals surface area contributed by atoms with E-state index in [2.05, 4.69) is 5.48 Å². The van der Waals surface area contributed by atoms with Crippen LogP contribution in [0.1, 0.15) is 22.3 Å². The van der Waals surface area contributed by atoms with E-state index in [1.54, 1.807) is 36.4 Å². The van der Waals surface area contributed by atoms with Crippen LogP contribution in [0.15, 0.2) is 114 Å². The van der Waals surface area contributed by atoms with Crippen LogP contribution in [0.5, 0.6) is 5.75 Å². The summed E-state index contributed by atoms with van der Waals surface area (Å²) in [6.45, 7) is 2.37. The Morgan fingerprint density at radius 1 is 0.769 bits per heavy atom. The molecule has 0 saturated heterocycles. The molecule has 0 unspecified atom stereocenters. The van der Waals surface area contributed by atoms with Gasteiger partial charge in [-0.25, -0.2) is 0 Å². The van der Waals surface area contributed by atoms with E-state index in [0.29, 0.717) is 13.0 Å². The van der Waals surface area contributed by atoms with Gasteiger partial charge in [-0.3, -0.25) is 14.2 Å². The van der Waals surface area contributed by atoms with Crippen molar-refractivity contribution in [3.05, 3.63) is 131 Å². The van der Waals surface area contributed by atoms with E-state index >= 15 is 0 Å². The summed E-state index contributed by atoms with van der Waals surface area (Å²) in [5.41, 5.74) is 6.59. The lowest BCUT2D eigenvalue weighted by Crippen LogP contribution is -2.39. The molecule has 9 heteroatoms. The van der Waals surface area contributed by atoms with E-state index in [1.165, 1.54) is 12.1 Å². The maximum Gasteiger partial charge on any atom is 0.326 e. The fourth-order valence-electron chi connectivity index (χ4n) is 3.38. The molecular formula is C30H31NO7S. The molecule has 0 heterocycles. The van der Waals surface area contributed by atoms with Crippen LogP contribution in [0.3, 0.4) is 0 Å². The van der Waals surface area contributed by atoms with E-state index < -0.39 is 22.1 Å². The van der Waals surface area contributed by atoms with Gasteiger partial charge >= 0.3 is 5.97 Å². The number of phenols is 1. The topological polar surface area (TPSA) is 122 Å². The highest BCUT2D eigenvalue weighted by molar-refractivity contribution is 7.85. The molecule has 0 amide bonds. The summed E-state index contributed by atoms with van der Waals surface area (Å²) in [6.07, 6.45) is 0.378. The monoisotopic (exact) mass is 549 g/mol. The molecule has 1 atom stereocenters. The largest absolute Gasteiger partial charge is 0.508 e. The zero-order chi connectivity index (χ0) is 28.1. The van der Waals surface area contributed by atoms with Gasteiger partial charge in [0.15, 0.2) is 0 Å². The molecular weight excluding hydrogens is 518 g/mol. The number of carbonyl (C=O) groups excluding carboxylic acids is 1. The van der Waals surface area contributed by atoms with Gasteiger partial charge in [-0.2, -0.15) is 13.9 Å². The number of carbonyl (C=O) groups is 1. The van der Waals surface area contributed by atoms with Crippen LogP contribution in [-0.2, 0) is 44.1 Å². The Morgan fingerprint density at radius 2 is 1.31 bits per heavy atom. The molecule has 4 aromatic carbocycles. The first-order chi connectivity index (χ1) is 18.7. The van der Waals surface area contributed by atoms with Crippen molar-refractivity contribution in [3.63, 3.8) is 0 Å². The molecule has 0 fully saturated rings. The maximum atomic E-state index is 12.6. The third kappa shape index (κ3) is 10.7. The van der Waals surface area contributed by atoms with E-state index in [0.717, 1.165) is 22.3 Å². The zero-order valence-electron chi connectivity index (χ0n) is 21.4. The van der Waals surface area contributed by atoms with Crippen molar-refractivity contribution in [2.75, 3.05) is 0 Å². The fraction of sp³-hybridized carbons (Fsp3) is 0.167. The SMILES string of the molecule is Cc1ccc(S(=O)(=O)O)cc1.O=C(OCc1ccccc1)[C@H](Cc1ccc(O)cc1)NOCc1ccccc1. The smallest absolute Gasteiger partial charge is 0.326 e. The molecule has 0 spiro atoms. The number of aromatic hydroxyl groups is 1. The highest BCUT2D eigenvalue weighted by Crippen LogP contribution is 2.13. The fourth-order valence-corrected chi connectivity index (χ4v) is 3.86. The highest BCUT2D eigenvalue weighted by Gasteiger charge is 2.21. The summed E-state index contributed by atoms with van der Waals surface area (Å²) >= 11 is 0. The maximum absolute atomic E-state index is 12.6. The molecule has 0 aliphatic rings. The number of rotatable bonds is 10. The third-order valence-corrected chi connectivity index (χ3v) is 6.38. The van der Waals surface area contributed by atoms with Gasteiger partial charge in [-0.15, -0.1) is 0 Å². The Bertz CT molecular complexity index is 1390. The lowest BCUT2D eigenvalue weighted by Gasteiger charge is -2.18. The minimum atomic E-state index is -4.02. The Morgan fingerprint density at radius 3 is 1.85 bits per heavy atom. The number of hydrogen-bond donors (Lipinski definition) is 3. The van der Waals surface area contributed by atoms with Crippen LogP contribution >= 0.6 is 0 Å². The van der Waals surface area contributed by atoms with Crippen LogP contribution in [0, 0.1) is 6.92 Å². The number of aryl methyl sites for hydroxylation is 1. The normalized spacial score (nSPS) is 11.6. The lowest BCUT2D eigenvalue weighted by molar-refractivity contribution is -0.152. The summed E-state index contributed by atoms with van der Waals surface area (Å²) in [6, 6.07) is 31.3. The first-order valence-electron chi connectivity index (χ1n) is 12.1. The second kappa shape index (κ2) is 14.8. The van der Waals surface area contributed by atoms with Crippen LogP contribution < -0.4 is 5.48 Å². The van der Waals surface area contributed by atoms with Crippen molar-refractivity contribution in [1.82, 2.24) is 5.48 Å². The molecule has 0 radical (unpaired) electrons. The summed E-state index contributed by atoms with van der Waals surface area (Å²) in [5.74, 6) is -0.217. The molecule has 0 aliphatic carbocycles. The van der Waals surface area contributed by atoms with E-state index in [9.17, 15) is 18.3 Å². The second-order valence-corrected chi connectivity index (χ2v) is 10.1. The second-order valence-electron chi connectivity index (χ2n) is 8.70. The molecule has 0 bridgehead atoms. The van der Waals surface area contributed by atoms with Gasteiger partial charge in [0, 0.05) is 6.42 Å². The van der Waals surface area contributed by atoms with Crippen molar-refractivity contribution in [3.8, 4) is 5.75 Å². The summed E-state index contributed by atoms with van der Waals surface area (Å²) < 4.78 is 35.0. The third-order valence-electron chi connectivity index (χ3n) is 5.51. The van der Waals surface area contributed by atoms with Crippen LogP contribution in [-0.4, -0.2) is 30.1 Å². The molecule has 4 aromatic rings. The molecule has 204 valence electrons. The molecule has 0 aromatic heterocycles. The average Bonchev–Trinajstić information content (AvgIpc) is 2.93. The van der Waals surface area contributed by atoms with Crippen LogP contribution in [0.25, 0.3) is 0 Å². The zero-order valence-corrected chi connectivity index (χ0v) is 22.3. The van der Waals surface area contributed by atoms with Crippen molar-refractivity contribution in [1.29, 1.82) is 0 Å². The number of esters is 1. The average molecular weight is 550 g/mol. The first kappa shape index (κ1) is 29.5. The van der Waals surface area contributed by atoms with Gasteiger partial charge in [0.25, 0.3) is 10.1 Å². The van der Waals surface area contributed by atoms with Gasteiger partial charge < -0.3 is 9.84 Å². The van der Waals surface area contributed by atoms with E-state index in [1.807, 2.05) is 67.6 Å². The van der Waals surface area contributed by atoms with Crippen molar-refractivity contribution in [2.45, 2.75) is 37.5 Å². The van der Waals surface area contributed by atoms with Crippen LogP contribution in [0.4, 0.5) is 0 Å². The van der Waals surface area contributed by atoms with Crippen molar-refractivity contribution in [2.24, 2.45) is 0 Å². The number of ether oxygens (including phenoxy) is 1. The number of phenolic OH excluding ortho intramolecular Hbond substituents is 1. The molecule has 0 saturated carbocycles.